The van der Waals surface area contributed by atoms with Gasteiger partial charge in [-0.05, 0) is 54.3 Å². The van der Waals surface area contributed by atoms with E-state index in [0.29, 0.717) is 17.9 Å². The highest BCUT2D eigenvalue weighted by Crippen LogP contribution is 2.27. The van der Waals surface area contributed by atoms with Crippen molar-refractivity contribution in [2.24, 2.45) is 0 Å². The van der Waals surface area contributed by atoms with Crippen LogP contribution in [-0.4, -0.2) is 37.8 Å². The molecule has 0 fully saturated rings. The molecule has 2 amide bonds. The van der Waals surface area contributed by atoms with Crippen LogP contribution in [0.3, 0.4) is 0 Å². The van der Waals surface area contributed by atoms with E-state index < -0.39 is 0 Å². The third-order valence-corrected chi connectivity index (χ3v) is 4.81. The van der Waals surface area contributed by atoms with Crippen LogP contribution in [0.1, 0.15) is 34.8 Å². The molecule has 0 aliphatic carbocycles. The lowest BCUT2D eigenvalue weighted by atomic mass is 10.0. The van der Waals surface area contributed by atoms with Gasteiger partial charge < -0.3 is 15.0 Å². The SMILES string of the molecule is CCc1cccc(OCC(=O)NCCC(=O)c2ccc3c(c2)CCN3C=O)c1. The Morgan fingerprint density at radius 1 is 1.21 bits per heavy atom. The van der Waals surface area contributed by atoms with Gasteiger partial charge in [-0.3, -0.25) is 14.4 Å². The van der Waals surface area contributed by atoms with Gasteiger partial charge in [0, 0.05) is 30.8 Å². The topological polar surface area (TPSA) is 75.7 Å². The first-order valence-electron chi connectivity index (χ1n) is 9.47. The second-order valence-corrected chi connectivity index (χ2v) is 6.71. The van der Waals surface area contributed by atoms with Gasteiger partial charge >= 0.3 is 0 Å². The fourth-order valence-corrected chi connectivity index (χ4v) is 3.23. The lowest BCUT2D eigenvalue weighted by Gasteiger charge is -2.10. The summed E-state index contributed by atoms with van der Waals surface area (Å²) >= 11 is 0. The third kappa shape index (κ3) is 4.76. The number of benzene rings is 2. The van der Waals surface area contributed by atoms with E-state index in [0.717, 1.165) is 36.1 Å². The molecule has 0 spiro atoms. The molecule has 2 aromatic carbocycles. The molecule has 0 saturated carbocycles. The number of Topliss-reactive ketones (excluding diaryl/α,β-unsaturated/α-hetero) is 1. The van der Waals surface area contributed by atoms with Crippen LogP contribution in [0.2, 0.25) is 0 Å². The van der Waals surface area contributed by atoms with Crippen LogP contribution in [0, 0.1) is 0 Å². The summed E-state index contributed by atoms with van der Waals surface area (Å²) in [7, 11) is 0. The minimum atomic E-state index is -0.259. The van der Waals surface area contributed by atoms with E-state index in [4.69, 9.17) is 4.74 Å². The molecule has 0 aromatic heterocycles. The Balaban J connectivity index is 1.44. The van der Waals surface area contributed by atoms with Crippen molar-refractivity contribution >= 4 is 23.8 Å². The normalized spacial score (nSPS) is 12.4. The molecular weight excluding hydrogens is 356 g/mol. The van der Waals surface area contributed by atoms with Crippen molar-refractivity contribution in [2.75, 3.05) is 24.6 Å². The van der Waals surface area contributed by atoms with Crippen molar-refractivity contribution < 1.29 is 19.1 Å². The summed E-state index contributed by atoms with van der Waals surface area (Å²) in [6.45, 7) is 2.88. The Labute approximate surface area is 164 Å². The third-order valence-electron chi connectivity index (χ3n) is 4.81. The molecule has 2 aromatic rings. The average Bonchev–Trinajstić information content (AvgIpc) is 3.14. The highest BCUT2D eigenvalue weighted by molar-refractivity contribution is 5.97. The number of fused-ring (bicyclic) bond motifs is 1. The van der Waals surface area contributed by atoms with E-state index in [1.165, 1.54) is 0 Å². The Kier molecular flexibility index (Phi) is 6.42. The molecule has 0 atom stereocenters. The van der Waals surface area contributed by atoms with Crippen LogP contribution in [-0.2, 0) is 22.4 Å². The molecule has 1 aliphatic rings. The summed E-state index contributed by atoms with van der Waals surface area (Å²) in [6, 6.07) is 13.0. The predicted octanol–water partition coefficient (Wildman–Crippen LogP) is 2.54. The number of nitrogens with one attached hydrogen (secondary N) is 1. The second kappa shape index (κ2) is 9.17. The monoisotopic (exact) mass is 380 g/mol. The van der Waals surface area contributed by atoms with Crippen LogP contribution in [0.15, 0.2) is 42.5 Å². The smallest absolute Gasteiger partial charge is 0.257 e. The first-order chi connectivity index (χ1) is 13.6. The van der Waals surface area contributed by atoms with Gasteiger partial charge in [0.15, 0.2) is 12.4 Å². The maximum absolute atomic E-state index is 12.4. The van der Waals surface area contributed by atoms with Gasteiger partial charge in [-0.15, -0.1) is 0 Å². The number of rotatable bonds is 9. The van der Waals surface area contributed by atoms with Crippen molar-refractivity contribution in [2.45, 2.75) is 26.2 Å². The maximum Gasteiger partial charge on any atom is 0.257 e. The molecule has 6 heteroatoms. The predicted molar refractivity (Wildman–Crippen MR) is 107 cm³/mol. The lowest BCUT2D eigenvalue weighted by molar-refractivity contribution is -0.123. The second-order valence-electron chi connectivity index (χ2n) is 6.71. The van der Waals surface area contributed by atoms with Crippen LogP contribution in [0.5, 0.6) is 5.75 Å². The molecule has 0 radical (unpaired) electrons. The van der Waals surface area contributed by atoms with E-state index in [1.807, 2.05) is 30.3 Å². The minimum absolute atomic E-state index is 0.0378. The number of ketones is 1. The van der Waals surface area contributed by atoms with Crippen molar-refractivity contribution in [3.05, 3.63) is 59.2 Å². The lowest BCUT2D eigenvalue weighted by Crippen LogP contribution is -2.30. The van der Waals surface area contributed by atoms with E-state index in [9.17, 15) is 14.4 Å². The first-order valence-corrected chi connectivity index (χ1v) is 9.47. The average molecular weight is 380 g/mol. The largest absolute Gasteiger partial charge is 0.484 e. The molecule has 0 saturated heterocycles. The molecule has 146 valence electrons. The van der Waals surface area contributed by atoms with Crippen LogP contribution < -0.4 is 15.0 Å². The molecule has 1 heterocycles. The molecule has 28 heavy (non-hydrogen) atoms. The van der Waals surface area contributed by atoms with Crippen LogP contribution in [0.25, 0.3) is 0 Å². The van der Waals surface area contributed by atoms with Gasteiger partial charge in [-0.25, -0.2) is 0 Å². The van der Waals surface area contributed by atoms with Crippen molar-refractivity contribution in [1.29, 1.82) is 0 Å². The number of carbonyl (C=O) groups is 3. The fourth-order valence-electron chi connectivity index (χ4n) is 3.23. The molecule has 0 unspecified atom stereocenters. The minimum Gasteiger partial charge on any atom is -0.484 e. The summed E-state index contributed by atoms with van der Waals surface area (Å²) in [6.07, 6.45) is 2.68. The van der Waals surface area contributed by atoms with Gasteiger partial charge in [-0.1, -0.05) is 19.1 Å². The van der Waals surface area contributed by atoms with Gasteiger partial charge in [0.1, 0.15) is 5.75 Å². The van der Waals surface area contributed by atoms with E-state index >= 15 is 0 Å². The number of hydrogen-bond acceptors (Lipinski definition) is 4. The van der Waals surface area contributed by atoms with Gasteiger partial charge in [0.2, 0.25) is 6.41 Å². The quantitative estimate of drug-likeness (QED) is 0.536. The van der Waals surface area contributed by atoms with Crippen molar-refractivity contribution in [3.8, 4) is 5.75 Å². The maximum atomic E-state index is 12.4. The molecule has 1 aliphatic heterocycles. The highest BCUT2D eigenvalue weighted by atomic mass is 16.5. The van der Waals surface area contributed by atoms with Crippen LogP contribution in [0.4, 0.5) is 5.69 Å². The zero-order valence-corrected chi connectivity index (χ0v) is 15.9. The number of amides is 2. The summed E-state index contributed by atoms with van der Waals surface area (Å²) in [4.78, 5) is 36.9. The standard InChI is InChI=1S/C22H24N2O4/c1-2-16-4-3-5-19(12-16)28-14-22(27)23-10-8-21(26)18-6-7-20-17(13-18)9-11-24(20)15-25/h3-7,12-13,15H,2,8-11,14H2,1H3,(H,23,27). The van der Waals surface area contributed by atoms with E-state index in [1.54, 1.807) is 17.0 Å². The first kappa shape index (κ1) is 19.6. The molecular formula is C22H24N2O4. The van der Waals surface area contributed by atoms with Gasteiger partial charge in [-0.2, -0.15) is 0 Å². The number of ether oxygens (including phenoxy) is 1. The fraction of sp³-hybridized carbons (Fsp3) is 0.318. The number of aryl methyl sites for hydroxylation is 1. The van der Waals surface area contributed by atoms with E-state index in [2.05, 4.69) is 12.2 Å². The number of carbonyl (C=O) groups excluding carboxylic acids is 3. The summed E-state index contributed by atoms with van der Waals surface area (Å²) < 4.78 is 5.49. The van der Waals surface area contributed by atoms with Crippen molar-refractivity contribution in [1.82, 2.24) is 5.32 Å². The molecule has 3 rings (SSSR count). The Hall–Kier alpha value is -3.15. The zero-order valence-electron chi connectivity index (χ0n) is 15.9. The Morgan fingerprint density at radius 3 is 2.86 bits per heavy atom. The number of hydrogen-bond donors (Lipinski definition) is 1. The zero-order chi connectivity index (χ0) is 19.9. The number of anilines is 1. The van der Waals surface area contributed by atoms with Crippen molar-refractivity contribution in [3.63, 3.8) is 0 Å². The Bertz CT molecular complexity index is 879. The molecule has 6 nitrogen and oxygen atoms in total. The summed E-state index contributed by atoms with van der Waals surface area (Å²) in [5, 5.41) is 2.71. The van der Waals surface area contributed by atoms with Gasteiger partial charge in [0.05, 0.1) is 0 Å². The van der Waals surface area contributed by atoms with Crippen LogP contribution >= 0.6 is 0 Å². The molecule has 0 bridgehead atoms. The van der Waals surface area contributed by atoms with Gasteiger partial charge in [0.25, 0.3) is 5.91 Å². The Morgan fingerprint density at radius 2 is 2.07 bits per heavy atom. The van der Waals surface area contributed by atoms with E-state index in [-0.39, 0.29) is 31.3 Å². The molecule has 1 N–H and O–H groups in total. The number of nitrogens with zero attached hydrogens (tertiary/aromatic N) is 1. The summed E-state index contributed by atoms with van der Waals surface area (Å²) in [5.74, 6) is 0.364. The summed E-state index contributed by atoms with van der Waals surface area (Å²) in [5.41, 5.74) is 3.62. The highest BCUT2D eigenvalue weighted by Gasteiger charge is 2.19.